The van der Waals surface area contributed by atoms with Crippen LogP contribution >= 0.6 is 0 Å². The summed E-state index contributed by atoms with van der Waals surface area (Å²) < 4.78 is 11.0. The van der Waals surface area contributed by atoms with Gasteiger partial charge in [0.1, 0.15) is 5.75 Å². The Labute approximate surface area is 168 Å². The van der Waals surface area contributed by atoms with Crippen LogP contribution in [0.4, 0.5) is 4.79 Å². The van der Waals surface area contributed by atoms with E-state index in [1.54, 1.807) is 0 Å². The standard InChI is InChI=1S/C24H31NO3/c1-4-27-23(26)25-22-12-8-9-18(22)17-28-21-15-13-20(14-16-21)24(2,3)19-10-6-5-7-11-19/h5-7,10-11,13-16,18,22H,4,8-9,12,17H2,1-3H3,(H,25,26). The van der Waals surface area contributed by atoms with E-state index in [0.717, 1.165) is 25.0 Å². The number of benzene rings is 2. The molecule has 3 rings (SSSR count). The van der Waals surface area contributed by atoms with Gasteiger partial charge in [0.25, 0.3) is 0 Å². The predicted octanol–water partition coefficient (Wildman–Crippen LogP) is 5.31. The first-order valence-electron chi connectivity index (χ1n) is 10.2. The molecule has 1 N–H and O–H groups in total. The molecule has 0 radical (unpaired) electrons. The molecule has 0 saturated heterocycles. The molecule has 0 heterocycles. The predicted molar refractivity (Wildman–Crippen MR) is 112 cm³/mol. The van der Waals surface area contributed by atoms with Crippen molar-refractivity contribution >= 4 is 6.09 Å². The van der Waals surface area contributed by atoms with E-state index in [1.165, 1.54) is 11.1 Å². The number of alkyl carbamates (subject to hydrolysis) is 1. The molecule has 1 amide bonds. The second kappa shape index (κ2) is 9.13. The van der Waals surface area contributed by atoms with Crippen molar-refractivity contribution in [3.63, 3.8) is 0 Å². The molecule has 4 nitrogen and oxygen atoms in total. The summed E-state index contributed by atoms with van der Waals surface area (Å²) in [5.41, 5.74) is 2.50. The van der Waals surface area contributed by atoms with Gasteiger partial charge < -0.3 is 14.8 Å². The van der Waals surface area contributed by atoms with Crippen LogP contribution in [0.15, 0.2) is 54.6 Å². The Kier molecular flexibility index (Phi) is 6.61. The van der Waals surface area contributed by atoms with Crippen molar-refractivity contribution in [2.75, 3.05) is 13.2 Å². The number of rotatable bonds is 7. The first-order valence-corrected chi connectivity index (χ1v) is 10.2. The summed E-state index contributed by atoms with van der Waals surface area (Å²) in [5, 5.41) is 2.97. The van der Waals surface area contributed by atoms with Crippen molar-refractivity contribution in [3.05, 3.63) is 65.7 Å². The average Bonchev–Trinajstić information content (AvgIpc) is 3.14. The van der Waals surface area contributed by atoms with Crippen LogP contribution in [0.3, 0.4) is 0 Å². The van der Waals surface area contributed by atoms with Crippen molar-refractivity contribution in [2.45, 2.75) is 51.5 Å². The van der Waals surface area contributed by atoms with Gasteiger partial charge in [-0.3, -0.25) is 0 Å². The molecular weight excluding hydrogens is 350 g/mol. The fourth-order valence-corrected chi connectivity index (χ4v) is 3.94. The molecule has 4 heteroatoms. The molecule has 1 aliphatic carbocycles. The third-order valence-electron chi connectivity index (χ3n) is 5.77. The van der Waals surface area contributed by atoms with Gasteiger partial charge in [-0.25, -0.2) is 4.79 Å². The highest BCUT2D eigenvalue weighted by Crippen LogP contribution is 2.32. The zero-order valence-electron chi connectivity index (χ0n) is 17.1. The highest BCUT2D eigenvalue weighted by atomic mass is 16.5. The summed E-state index contributed by atoms with van der Waals surface area (Å²) in [4.78, 5) is 11.7. The van der Waals surface area contributed by atoms with E-state index in [0.29, 0.717) is 19.1 Å². The third-order valence-corrected chi connectivity index (χ3v) is 5.77. The van der Waals surface area contributed by atoms with Crippen LogP contribution in [0, 0.1) is 5.92 Å². The minimum atomic E-state index is -0.327. The van der Waals surface area contributed by atoms with Gasteiger partial charge in [0.15, 0.2) is 0 Å². The number of ether oxygens (including phenoxy) is 2. The van der Waals surface area contributed by atoms with E-state index in [2.05, 4.69) is 55.6 Å². The smallest absolute Gasteiger partial charge is 0.407 e. The molecule has 0 aliphatic heterocycles. The maximum atomic E-state index is 11.7. The second-order valence-electron chi connectivity index (χ2n) is 7.99. The number of hydrogen-bond acceptors (Lipinski definition) is 3. The molecular formula is C24H31NO3. The largest absolute Gasteiger partial charge is 0.493 e. The fourth-order valence-electron chi connectivity index (χ4n) is 3.94. The zero-order chi connectivity index (χ0) is 20.0. The number of carbonyl (C=O) groups is 1. The molecule has 0 spiro atoms. The minimum absolute atomic E-state index is 0.0557. The van der Waals surface area contributed by atoms with Gasteiger partial charge in [0.2, 0.25) is 0 Å². The Bertz CT molecular complexity index is 755. The highest BCUT2D eigenvalue weighted by Gasteiger charge is 2.29. The van der Waals surface area contributed by atoms with Gasteiger partial charge in [-0.2, -0.15) is 0 Å². The first-order chi connectivity index (χ1) is 13.5. The summed E-state index contributed by atoms with van der Waals surface area (Å²) in [6, 6.07) is 19.1. The molecule has 1 aliphatic rings. The van der Waals surface area contributed by atoms with E-state index in [9.17, 15) is 4.79 Å². The quantitative estimate of drug-likeness (QED) is 0.707. The molecule has 2 aromatic rings. The van der Waals surface area contributed by atoms with E-state index < -0.39 is 0 Å². The molecule has 2 atom stereocenters. The molecule has 1 saturated carbocycles. The van der Waals surface area contributed by atoms with Crippen molar-refractivity contribution < 1.29 is 14.3 Å². The summed E-state index contributed by atoms with van der Waals surface area (Å²) >= 11 is 0. The lowest BCUT2D eigenvalue weighted by Crippen LogP contribution is -2.39. The third kappa shape index (κ3) is 4.86. The molecule has 1 fully saturated rings. The number of nitrogens with one attached hydrogen (secondary N) is 1. The van der Waals surface area contributed by atoms with Crippen LogP contribution in [0.25, 0.3) is 0 Å². The van der Waals surface area contributed by atoms with E-state index in [4.69, 9.17) is 9.47 Å². The van der Waals surface area contributed by atoms with Gasteiger partial charge in [-0.15, -0.1) is 0 Å². The van der Waals surface area contributed by atoms with Crippen molar-refractivity contribution in [1.82, 2.24) is 5.32 Å². The van der Waals surface area contributed by atoms with Crippen LogP contribution in [0.5, 0.6) is 5.75 Å². The van der Waals surface area contributed by atoms with Crippen molar-refractivity contribution in [1.29, 1.82) is 0 Å². The monoisotopic (exact) mass is 381 g/mol. The minimum Gasteiger partial charge on any atom is -0.493 e. The van der Waals surface area contributed by atoms with Gasteiger partial charge in [-0.1, -0.05) is 62.7 Å². The Morgan fingerprint density at radius 3 is 2.39 bits per heavy atom. The topological polar surface area (TPSA) is 47.6 Å². The number of carbonyl (C=O) groups excluding carboxylic acids is 1. The molecule has 0 bridgehead atoms. The van der Waals surface area contributed by atoms with E-state index in [1.807, 2.05) is 25.1 Å². The SMILES string of the molecule is CCOC(=O)NC1CCCC1COc1ccc(C(C)(C)c2ccccc2)cc1. The summed E-state index contributed by atoms with van der Waals surface area (Å²) in [5.74, 6) is 1.19. The maximum Gasteiger partial charge on any atom is 0.407 e. The van der Waals surface area contributed by atoms with Crippen molar-refractivity contribution in [3.8, 4) is 5.75 Å². The summed E-state index contributed by atoms with van der Waals surface area (Å²) in [6.45, 7) is 7.30. The Morgan fingerprint density at radius 2 is 1.71 bits per heavy atom. The summed E-state index contributed by atoms with van der Waals surface area (Å²) in [6.07, 6.45) is 2.83. The average molecular weight is 382 g/mol. The highest BCUT2D eigenvalue weighted by molar-refractivity contribution is 5.67. The van der Waals surface area contributed by atoms with Gasteiger partial charge in [-0.05, 0) is 43.0 Å². The Balaban J connectivity index is 1.58. The van der Waals surface area contributed by atoms with Crippen LogP contribution < -0.4 is 10.1 Å². The number of amides is 1. The van der Waals surface area contributed by atoms with Crippen molar-refractivity contribution in [2.24, 2.45) is 5.92 Å². The fraction of sp³-hybridized carbons (Fsp3) is 0.458. The van der Waals surface area contributed by atoms with Crippen LogP contribution in [-0.4, -0.2) is 25.3 Å². The Morgan fingerprint density at radius 1 is 1.04 bits per heavy atom. The second-order valence-corrected chi connectivity index (χ2v) is 7.99. The first kappa shape index (κ1) is 20.2. The molecule has 2 unspecified atom stereocenters. The molecule has 28 heavy (non-hydrogen) atoms. The lowest BCUT2D eigenvalue weighted by atomic mass is 9.78. The van der Waals surface area contributed by atoms with Crippen LogP contribution in [0.2, 0.25) is 0 Å². The normalized spacial score (nSPS) is 19.2. The molecule has 0 aromatic heterocycles. The maximum absolute atomic E-state index is 11.7. The zero-order valence-corrected chi connectivity index (χ0v) is 17.1. The number of hydrogen-bond donors (Lipinski definition) is 1. The lowest BCUT2D eigenvalue weighted by molar-refractivity contribution is 0.141. The van der Waals surface area contributed by atoms with Gasteiger partial charge in [0, 0.05) is 17.4 Å². The van der Waals surface area contributed by atoms with E-state index >= 15 is 0 Å². The lowest BCUT2D eigenvalue weighted by Gasteiger charge is -2.26. The molecule has 2 aromatic carbocycles. The van der Waals surface area contributed by atoms with Crippen LogP contribution in [0.1, 0.15) is 51.2 Å². The van der Waals surface area contributed by atoms with Gasteiger partial charge in [0.05, 0.1) is 13.2 Å². The van der Waals surface area contributed by atoms with E-state index in [-0.39, 0.29) is 17.6 Å². The Hall–Kier alpha value is -2.49. The molecule has 150 valence electrons. The van der Waals surface area contributed by atoms with Crippen LogP contribution in [-0.2, 0) is 10.2 Å². The van der Waals surface area contributed by atoms with Gasteiger partial charge >= 0.3 is 6.09 Å². The summed E-state index contributed by atoms with van der Waals surface area (Å²) in [7, 11) is 0.